The molecule has 1 N–H and O–H groups in total. The molecule has 4 heterocycles. The first-order chi connectivity index (χ1) is 14.4. The second-order valence-electron chi connectivity index (χ2n) is 8.68. The van der Waals surface area contributed by atoms with Crippen LogP contribution in [0.5, 0.6) is 0 Å². The highest BCUT2D eigenvalue weighted by Gasteiger charge is 2.43. The monoisotopic (exact) mass is 415 g/mol. The third-order valence-corrected chi connectivity index (χ3v) is 5.76. The zero-order chi connectivity index (χ0) is 21.3. The maximum atomic E-state index is 12.9. The van der Waals surface area contributed by atoms with Gasteiger partial charge in [0, 0.05) is 32.4 Å². The van der Waals surface area contributed by atoms with E-state index in [1.807, 2.05) is 30.5 Å². The summed E-state index contributed by atoms with van der Waals surface area (Å²) in [6.07, 6.45) is 5.61. The lowest BCUT2D eigenvalue weighted by atomic mass is 9.91. The van der Waals surface area contributed by atoms with Gasteiger partial charge in [-0.05, 0) is 18.8 Å². The summed E-state index contributed by atoms with van der Waals surface area (Å²) in [6.45, 7) is 6.47. The lowest BCUT2D eigenvalue weighted by Crippen LogP contribution is -2.55. The molecule has 2 aliphatic rings. The molecule has 30 heavy (non-hydrogen) atoms. The number of hydrogen-bond donors (Lipinski definition) is 1. The Bertz CT molecular complexity index is 935. The number of carbonyl (C=O) groups is 2. The van der Waals surface area contributed by atoms with Gasteiger partial charge in [0.25, 0.3) is 5.91 Å². The van der Waals surface area contributed by atoms with Crippen LogP contribution in [0.1, 0.15) is 55.1 Å². The van der Waals surface area contributed by atoms with Crippen molar-refractivity contribution in [3.63, 3.8) is 0 Å². The Labute approximate surface area is 175 Å². The smallest absolute Gasteiger partial charge is 0.289 e. The number of ether oxygens (including phenoxy) is 1. The average Bonchev–Trinajstić information content (AvgIpc) is 3.30. The molecule has 1 saturated heterocycles. The Kier molecular flexibility index (Phi) is 5.59. The Balaban J connectivity index is 1.42. The highest BCUT2D eigenvalue weighted by molar-refractivity contribution is 5.91. The number of aryl methyl sites for hydroxylation is 1. The third-order valence-electron chi connectivity index (χ3n) is 5.76. The van der Waals surface area contributed by atoms with Gasteiger partial charge < -0.3 is 19.5 Å². The zero-order valence-corrected chi connectivity index (χ0v) is 17.8. The van der Waals surface area contributed by atoms with Gasteiger partial charge in [0.1, 0.15) is 11.3 Å². The Hall–Kier alpha value is -2.75. The molecular weight excluding hydrogens is 386 g/mol. The maximum absolute atomic E-state index is 12.9. The number of hydrogen-bond acceptors (Lipinski definition) is 6. The molecule has 0 aromatic carbocycles. The summed E-state index contributed by atoms with van der Waals surface area (Å²) < 4.78 is 9.90. The lowest BCUT2D eigenvalue weighted by Gasteiger charge is -2.44. The summed E-state index contributed by atoms with van der Waals surface area (Å²) in [4.78, 5) is 30.8. The first kappa shape index (κ1) is 20.5. The topological polar surface area (TPSA) is 107 Å². The molecule has 10 nitrogen and oxygen atoms in total. The van der Waals surface area contributed by atoms with Gasteiger partial charge in [-0.2, -0.15) is 0 Å². The van der Waals surface area contributed by atoms with Gasteiger partial charge in [-0.15, -0.1) is 5.10 Å². The first-order valence-electron chi connectivity index (χ1n) is 10.5. The van der Waals surface area contributed by atoms with E-state index < -0.39 is 5.60 Å². The van der Waals surface area contributed by atoms with Gasteiger partial charge in [-0.25, -0.2) is 9.67 Å². The summed E-state index contributed by atoms with van der Waals surface area (Å²) >= 11 is 0. The van der Waals surface area contributed by atoms with Crippen LogP contribution in [0.3, 0.4) is 0 Å². The van der Waals surface area contributed by atoms with Crippen molar-refractivity contribution in [2.75, 3.05) is 13.1 Å². The fraction of sp³-hybridized carbons (Fsp3) is 0.650. The summed E-state index contributed by atoms with van der Waals surface area (Å²) in [5.41, 5.74) is 1.15. The Morgan fingerprint density at radius 3 is 2.90 bits per heavy atom. The lowest BCUT2D eigenvalue weighted by molar-refractivity contribution is -0.123. The SMILES string of the molecule is CC(C)CC(=O)NCc1nnn2c1COC1(CCCN(C(=O)c3nccn3C)C1)C2. The van der Waals surface area contributed by atoms with Crippen molar-refractivity contribution >= 4 is 11.8 Å². The van der Waals surface area contributed by atoms with Crippen molar-refractivity contribution in [3.05, 3.63) is 29.6 Å². The Morgan fingerprint density at radius 2 is 2.17 bits per heavy atom. The molecule has 2 amide bonds. The highest BCUT2D eigenvalue weighted by atomic mass is 16.5. The van der Waals surface area contributed by atoms with Crippen LogP contribution in [0.25, 0.3) is 0 Å². The van der Waals surface area contributed by atoms with Crippen molar-refractivity contribution in [2.45, 2.75) is 58.4 Å². The minimum Gasteiger partial charge on any atom is -0.365 e. The molecule has 4 rings (SSSR count). The number of nitrogens with zero attached hydrogens (tertiary/aromatic N) is 6. The molecule has 0 saturated carbocycles. The summed E-state index contributed by atoms with van der Waals surface area (Å²) in [7, 11) is 1.82. The minimum atomic E-state index is -0.474. The third kappa shape index (κ3) is 4.09. The molecule has 2 aliphatic heterocycles. The minimum absolute atomic E-state index is 0.00988. The number of likely N-dealkylation sites (tertiary alicyclic amines) is 1. The fourth-order valence-electron chi connectivity index (χ4n) is 4.19. The number of imidazole rings is 1. The molecule has 0 bridgehead atoms. The van der Waals surface area contributed by atoms with Crippen LogP contribution in [-0.4, -0.2) is 59.9 Å². The predicted octanol–water partition coefficient (Wildman–Crippen LogP) is 0.879. The van der Waals surface area contributed by atoms with Crippen LogP contribution < -0.4 is 5.32 Å². The molecular formula is C20H29N7O3. The van der Waals surface area contributed by atoms with Gasteiger partial charge in [0.2, 0.25) is 5.91 Å². The van der Waals surface area contributed by atoms with E-state index in [1.54, 1.807) is 17.0 Å². The average molecular weight is 415 g/mol. The number of aromatic nitrogens is 5. The van der Waals surface area contributed by atoms with Crippen LogP contribution in [0.4, 0.5) is 0 Å². The van der Waals surface area contributed by atoms with Crippen molar-refractivity contribution < 1.29 is 14.3 Å². The van der Waals surface area contributed by atoms with E-state index in [2.05, 4.69) is 20.6 Å². The van der Waals surface area contributed by atoms with E-state index in [-0.39, 0.29) is 11.8 Å². The van der Waals surface area contributed by atoms with Crippen molar-refractivity contribution in [1.82, 2.24) is 34.8 Å². The van der Waals surface area contributed by atoms with Crippen LogP contribution in [0.15, 0.2) is 12.4 Å². The van der Waals surface area contributed by atoms with Crippen LogP contribution in [0.2, 0.25) is 0 Å². The fourth-order valence-corrected chi connectivity index (χ4v) is 4.19. The van der Waals surface area contributed by atoms with E-state index in [1.165, 1.54) is 0 Å². The molecule has 1 spiro atoms. The van der Waals surface area contributed by atoms with Gasteiger partial charge in [-0.1, -0.05) is 19.1 Å². The second kappa shape index (κ2) is 8.17. The molecule has 10 heteroatoms. The predicted molar refractivity (Wildman–Crippen MR) is 107 cm³/mol. The quantitative estimate of drug-likeness (QED) is 0.777. The molecule has 0 aliphatic carbocycles. The number of carbonyl (C=O) groups excluding carboxylic acids is 2. The van der Waals surface area contributed by atoms with Crippen molar-refractivity contribution in [1.29, 1.82) is 0 Å². The van der Waals surface area contributed by atoms with Crippen molar-refractivity contribution in [2.24, 2.45) is 13.0 Å². The molecule has 1 unspecified atom stereocenters. The summed E-state index contributed by atoms with van der Waals surface area (Å²) in [5, 5.41) is 11.5. The van der Waals surface area contributed by atoms with E-state index in [0.29, 0.717) is 50.9 Å². The Morgan fingerprint density at radius 1 is 1.33 bits per heavy atom. The summed E-state index contributed by atoms with van der Waals surface area (Å²) in [6, 6.07) is 0. The van der Waals surface area contributed by atoms with Crippen LogP contribution >= 0.6 is 0 Å². The number of fused-ring (bicyclic) bond motifs is 1. The van der Waals surface area contributed by atoms with Gasteiger partial charge >= 0.3 is 0 Å². The van der Waals surface area contributed by atoms with E-state index in [4.69, 9.17) is 4.74 Å². The van der Waals surface area contributed by atoms with E-state index in [0.717, 1.165) is 24.2 Å². The summed E-state index contributed by atoms with van der Waals surface area (Å²) in [5.74, 6) is 0.674. The van der Waals surface area contributed by atoms with Crippen LogP contribution in [0, 0.1) is 5.92 Å². The molecule has 2 aromatic heterocycles. The number of piperidine rings is 1. The molecule has 2 aromatic rings. The van der Waals surface area contributed by atoms with E-state index >= 15 is 0 Å². The van der Waals surface area contributed by atoms with Gasteiger partial charge in [0.15, 0.2) is 5.82 Å². The number of nitrogens with one attached hydrogen (secondary N) is 1. The number of amides is 2. The van der Waals surface area contributed by atoms with Crippen LogP contribution in [-0.2, 0) is 36.3 Å². The first-order valence-corrected chi connectivity index (χ1v) is 10.5. The number of rotatable bonds is 5. The largest absolute Gasteiger partial charge is 0.365 e. The van der Waals surface area contributed by atoms with Crippen molar-refractivity contribution in [3.8, 4) is 0 Å². The normalized spacial score (nSPS) is 21.1. The van der Waals surface area contributed by atoms with Gasteiger partial charge in [0.05, 0.1) is 31.9 Å². The highest BCUT2D eigenvalue weighted by Crippen LogP contribution is 2.32. The van der Waals surface area contributed by atoms with E-state index in [9.17, 15) is 9.59 Å². The maximum Gasteiger partial charge on any atom is 0.289 e. The molecule has 1 atom stereocenters. The zero-order valence-electron chi connectivity index (χ0n) is 17.8. The standard InChI is InChI=1S/C20H29N7O3/c1-14(2)9-17(28)22-10-15-16-11-30-20(13-27(16)24-23-15)5-4-7-26(12-20)19(29)18-21-6-8-25(18)3/h6,8,14H,4-5,7,9-13H2,1-3H3,(H,22,28). The molecule has 1 fully saturated rings. The molecule has 0 radical (unpaired) electrons. The second-order valence-corrected chi connectivity index (χ2v) is 8.68. The van der Waals surface area contributed by atoms with Gasteiger partial charge in [-0.3, -0.25) is 9.59 Å². The molecule has 162 valence electrons.